The molecule has 1 unspecified atom stereocenters. The summed E-state index contributed by atoms with van der Waals surface area (Å²) in [7, 11) is 0. The van der Waals surface area contributed by atoms with E-state index in [0.717, 1.165) is 25.1 Å². The second-order valence-corrected chi connectivity index (χ2v) is 4.40. The largest absolute Gasteiger partial charge is 0.369 e. The van der Waals surface area contributed by atoms with Gasteiger partial charge in [0.15, 0.2) is 0 Å². The van der Waals surface area contributed by atoms with Gasteiger partial charge in [-0.05, 0) is 31.9 Å². The maximum absolute atomic E-state index is 6.00. The van der Waals surface area contributed by atoms with Crippen LogP contribution < -0.4 is 0 Å². The van der Waals surface area contributed by atoms with Crippen LogP contribution in [0.5, 0.6) is 0 Å². The number of nitrogens with zero attached hydrogens (tertiary/aromatic N) is 1. The van der Waals surface area contributed by atoms with Crippen LogP contribution in [0.25, 0.3) is 0 Å². The summed E-state index contributed by atoms with van der Waals surface area (Å²) in [5.41, 5.74) is 0.838. The van der Waals surface area contributed by atoms with Gasteiger partial charge >= 0.3 is 0 Å². The number of hydrogen-bond acceptors (Lipinski definition) is 2. The van der Waals surface area contributed by atoms with Crippen molar-refractivity contribution in [2.24, 2.45) is 0 Å². The van der Waals surface area contributed by atoms with Gasteiger partial charge in [-0.2, -0.15) is 0 Å². The first kappa shape index (κ1) is 13.2. The molecule has 90 valence electrons. The number of unbranched alkanes of at least 4 members (excludes halogenated alkanes) is 1. The normalized spacial score (nSPS) is 14.7. The van der Waals surface area contributed by atoms with Crippen molar-refractivity contribution >= 4 is 0 Å². The van der Waals surface area contributed by atoms with Crippen molar-refractivity contribution in [3.05, 3.63) is 30.1 Å². The fourth-order valence-corrected chi connectivity index (χ4v) is 1.79. The fraction of sp³-hybridized carbons (Fsp3) is 0.643. The van der Waals surface area contributed by atoms with Gasteiger partial charge in [0.2, 0.25) is 0 Å². The van der Waals surface area contributed by atoms with Gasteiger partial charge in [0.1, 0.15) is 5.60 Å². The first-order valence-electron chi connectivity index (χ1n) is 6.28. The minimum atomic E-state index is -0.215. The Morgan fingerprint density at radius 3 is 2.62 bits per heavy atom. The monoisotopic (exact) mass is 221 g/mol. The van der Waals surface area contributed by atoms with Crippen molar-refractivity contribution in [3.63, 3.8) is 0 Å². The highest BCUT2D eigenvalue weighted by Crippen LogP contribution is 2.29. The summed E-state index contributed by atoms with van der Waals surface area (Å²) < 4.78 is 6.00. The van der Waals surface area contributed by atoms with E-state index in [4.69, 9.17) is 4.74 Å². The molecule has 2 nitrogen and oxygen atoms in total. The molecule has 0 aliphatic rings. The van der Waals surface area contributed by atoms with Crippen LogP contribution >= 0.6 is 0 Å². The summed E-state index contributed by atoms with van der Waals surface area (Å²) in [5, 5.41) is 0. The topological polar surface area (TPSA) is 22.1 Å². The molecule has 0 saturated carbocycles. The van der Waals surface area contributed by atoms with Gasteiger partial charge < -0.3 is 4.74 Å². The van der Waals surface area contributed by atoms with Gasteiger partial charge in [-0.1, -0.05) is 32.8 Å². The number of rotatable bonds is 7. The predicted molar refractivity (Wildman–Crippen MR) is 67.4 cm³/mol. The highest BCUT2D eigenvalue weighted by molar-refractivity contribution is 5.12. The molecule has 0 N–H and O–H groups in total. The number of pyridine rings is 1. The molecule has 0 aromatic carbocycles. The lowest BCUT2D eigenvalue weighted by Crippen LogP contribution is -2.27. The summed E-state index contributed by atoms with van der Waals surface area (Å²) in [4.78, 5) is 4.43. The quantitative estimate of drug-likeness (QED) is 0.696. The molecule has 16 heavy (non-hydrogen) atoms. The Hall–Kier alpha value is -0.890. The SMILES string of the molecule is CCCCC(C)(OCCC)c1ccccn1. The third kappa shape index (κ3) is 3.60. The van der Waals surface area contributed by atoms with Crippen LogP contribution in [0.3, 0.4) is 0 Å². The Labute approximate surface area is 99.0 Å². The van der Waals surface area contributed by atoms with Crippen LogP contribution in [-0.4, -0.2) is 11.6 Å². The molecule has 0 bridgehead atoms. The summed E-state index contributed by atoms with van der Waals surface area (Å²) in [5.74, 6) is 0. The van der Waals surface area contributed by atoms with Gasteiger partial charge in [-0.25, -0.2) is 0 Å². The summed E-state index contributed by atoms with van der Waals surface area (Å²) in [6.07, 6.45) is 6.30. The Kier molecular flexibility index (Phi) is 5.47. The number of hydrogen-bond donors (Lipinski definition) is 0. The lowest BCUT2D eigenvalue weighted by molar-refractivity contribution is -0.0469. The van der Waals surface area contributed by atoms with Gasteiger partial charge in [-0.15, -0.1) is 0 Å². The maximum atomic E-state index is 6.00. The lowest BCUT2D eigenvalue weighted by atomic mass is 9.94. The highest BCUT2D eigenvalue weighted by Gasteiger charge is 2.27. The summed E-state index contributed by atoms with van der Waals surface area (Å²) in [6.45, 7) is 7.30. The predicted octanol–water partition coefficient (Wildman–Crippen LogP) is 3.91. The second kappa shape index (κ2) is 6.64. The van der Waals surface area contributed by atoms with Crippen LogP contribution in [0.1, 0.15) is 52.1 Å². The van der Waals surface area contributed by atoms with E-state index in [1.807, 2.05) is 18.3 Å². The molecule has 0 aliphatic heterocycles. The Morgan fingerprint density at radius 2 is 2.06 bits per heavy atom. The molecule has 0 radical (unpaired) electrons. The molecule has 0 saturated heterocycles. The molecule has 0 fully saturated rings. The van der Waals surface area contributed by atoms with E-state index < -0.39 is 0 Å². The molecule has 1 atom stereocenters. The van der Waals surface area contributed by atoms with E-state index in [1.54, 1.807) is 0 Å². The first-order chi connectivity index (χ1) is 7.73. The zero-order valence-corrected chi connectivity index (χ0v) is 10.7. The molecule has 0 amide bonds. The van der Waals surface area contributed by atoms with Gasteiger partial charge in [0, 0.05) is 12.8 Å². The molecule has 2 heteroatoms. The zero-order valence-electron chi connectivity index (χ0n) is 10.7. The molecule has 1 rings (SSSR count). The summed E-state index contributed by atoms with van der Waals surface area (Å²) >= 11 is 0. The fourth-order valence-electron chi connectivity index (χ4n) is 1.79. The maximum Gasteiger partial charge on any atom is 0.107 e. The molecule has 1 aromatic heterocycles. The smallest absolute Gasteiger partial charge is 0.107 e. The molecular weight excluding hydrogens is 198 g/mol. The van der Waals surface area contributed by atoms with Crippen molar-refractivity contribution in [3.8, 4) is 0 Å². The number of ether oxygens (including phenoxy) is 1. The Morgan fingerprint density at radius 1 is 1.25 bits per heavy atom. The minimum absolute atomic E-state index is 0.215. The lowest BCUT2D eigenvalue weighted by Gasteiger charge is -2.29. The summed E-state index contributed by atoms with van der Waals surface area (Å²) in [6, 6.07) is 6.04. The van der Waals surface area contributed by atoms with Gasteiger partial charge in [0.25, 0.3) is 0 Å². The van der Waals surface area contributed by atoms with Crippen molar-refractivity contribution in [2.75, 3.05) is 6.61 Å². The highest BCUT2D eigenvalue weighted by atomic mass is 16.5. The van der Waals surface area contributed by atoms with Gasteiger partial charge in [-0.3, -0.25) is 4.98 Å². The molecular formula is C14H23NO. The third-order valence-electron chi connectivity index (χ3n) is 2.84. The Balaban J connectivity index is 2.77. The van der Waals surface area contributed by atoms with Crippen molar-refractivity contribution in [2.45, 2.75) is 52.1 Å². The van der Waals surface area contributed by atoms with Crippen LogP contribution in [0.4, 0.5) is 0 Å². The zero-order chi connectivity index (χ0) is 11.9. The van der Waals surface area contributed by atoms with Crippen LogP contribution in [0, 0.1) is 0 Å². The third-order valence-corrected chi connectivity index (χ3v) is 2.84. The Bertz CT molecular complexity index is 276. The minimum Gasteiger partial charge on any atom is -0.369 e. The molecule has 1 aromatic rings. The number of aromatic nitrogens is 1. The standard InChI is InChI=1S/C14H23NO/c1-4-6-10-14(3,16-12-5-2)13-9-7-8-11-15-13/h7-9,11H,4-6,10,12H2,1-3H3. The molecule has 1 heterocycles. The van der Waals surface area contributed by atoms with Crippen molar-refractivity contribution < 1.29 is 4.74 Å². The van der Waals surface area contributed by atoms with Crippen LogP contribution in [0.15, 0.2) is 24.4 Å². The van der Waals surface area contributed by atoms with Gasteiger partial charge in [0.05, 0.1) is 5.69 Å². The van der Waals surface area contributed by atoms with Crippen LogP contribution in [0.2, 0.25) is 0 Å². The van der Waals surface area contributed by atoms with E-state index in [2.05, 4.69) is 31.8 Å². The first-order valence-corrected chi connectivity index (χ1v) is 6.28. The van der Waals surface area contributed by atoms with E-state index in [0.29, 0.717) is 0 Å². The van der Waals surface area contributed by atoms with Crippen molar-refractivity contribution in [1.29, 1.82) is 0 Å². The van der Waals surface area contributed by atoms with E-state index in [9.17, 15) is 0 Å². The second-order valence-electron chi connectivity index (χ2n) is 4.40. The van der Waals surface area contributed by atoms with E-state index in [1.165, 1.54) is 12.8 Å². The molecule has 0 spiro atoms. The average molecular weight is 221 g/mol. The van der Waals surface area contributed by atoms with Crippen molar-refractivity contribution in [1.82, 2.24) is 4.98 Å². The molecule has 0 aliphatic carbocycles. The van der Waals surface area contributed by atoms with E-state index >= 15 is 0 Å². The average Bonchev–Trinajstić information content (AvgIpc) is 2.35. The van der Waals surface area contributed by atoms with E-state index in [-0.39, 0.29) is 5.60 Å². The van der Waals surface area contributed by atoms with Crippen LogP contribution in [-0.2, 0) is 10.3 Å².